The molecule has 0 rings (SSSR count). The topological polar surface area (TPSA) is 78.4 Å². The summed E-state index contributed by atoms with van der Waals surface area (Å²) in [4.78, 5) is 22.7. The van der Waals surface area contributed by atoms with Crippen molar-refractivity contribution in [2.24, 2.45) is 5.41 Å². The average Bonchev–Trinajstić information content (AvgIpc) is 2.20. The molecule has 5 nitrogen and oxygen atoms in total. The monoisotopic (exact) mass is 244 g/mol. The second-order valence-electron chi connectivity index (χ2n) is 5.27. The number of hydrogen-bond donors (Lipinski definition) is 3. The highest BCUT2D eigenvalue weighted by molar-refractivity contribution is 5.83. The largest absolute Gasteiger partial charge is 0.480 e. The molecule has 0 aromatic heterocycles. The Morgan fingerprint density at radius 2 is 1.59 bits per heavy atom. The van der Waals surface area contributed by atoms with Gasteiger partial charge in [0.05, 0.1) is 0 Å². The molecule has 3 N–H and O–H groups in total. The van der Waals surface area contributed by atoms with Gasteiger partial charge in [-0.2, -0.15) is 0 Å². The number of urea groups is 1. The van der Waals surface area contributed by atoms with E-state index in [0.717, 1.165) is 12.8 Å². The Hall–Kier alpha value is -1.26. The van der Waals surface area contributed by atoms with Crippen molar-refractivity contribution in [3.8, 4) is 0 Å². The van der Waals surface area contributed by atoms with Crippen molar-refractivity contribution in [2.75, 3.05) is 0 Å². The molecule has 0 fully saturated rings. The summed E-state index contributed by atoms with van der Waals surface area (Å²) in [6.07, 6.45) is 1.66. The number of carboxylic acids is 1. The number of nitrogens with one attached hydrogen (secondary N) is 2. The smallest absolute Gasteiger partial charge is 0.326 e. The number of hydrogen-bond acceptors (Lipinski definition) is 2. The lowest BCUT2D eigenvalue weighted by atomic mass is 9.87. The number of carbonyl (C=O) groups excluding carboxylic acids is 1. The van der Waals surface area contributed by atoms with Crippen LogP contribution in [0.15, 0.2) is 0 Å². The molecule has 0 saturated heterocycles. The molecule has 1 atom stereocenters. The van der Waals surface area contributed by atoms with Crippen LogP contribution in [0.4, 0.5) is 4.79 Å². The molecule has 0 heterocycles. The summed E-state index contributed by atoms with van der Waals surface area (Å²) in [6.45, 7) is 9.30. The minimum atomic E-state index is -1.02. The van der Waals surface area contributed by atoms with E-state index < -0.39 is 23.5 Å². The fourth-order valence-electron chi connectivity index (χ4n) is 1.50. The van der Waals surface area contributed by atoms with E-state index in [0.29, 0.717) is 0 Å². The normalized spacial score (nSPS) is 13.3. The van der Waals surface area contributed by atoms with Crippen molar-refractivity contribution < 1.29 is 14.7 Å². The van der Waals surface area contributed by atoms with E-state index in [1.807, 2.05) is 13.8 Å². The van der Waals surface area contributed by atoms with Gasteiger partial charge in [0.2, 0.25) is 0 Å². The van der Waals surface area contributed by atoms with Crippen LogP contribution in [0.25, 0.3) is 0 Å². The summed E-state index contributed by atoms with van der Waals surface area (Å²) in [7, 11) is 0. The highest BCUT2D eigenvalue weighted by atomic mass is 16.4. The van der Waals surface area contributed by atoms with E-state index in [4.69, 9.17) is 5.11 Å². The highest BCUT2D eigenvalue weighted by Crippen LogP contribution is 2.19. The van der Waals surface area contributed by atoms with Crippen LogP contribution in [-0.4, -0.2) is 29.2 Å². The molecule has 5 heteroatoms. The third-order valence-corrected chi connectivity index (χ3v) is 2.71. The van der Waals surface area contributed by atoms with Gasteiger partial charge in [-0.3, -0.25) is 0 Å². The van der Waals surface area contributed by atoms with Gasteiger partial charge < -0.3 is 15.7 Å². The van der Waals surface area contributed by atoms with E-state index in [2.05, 4.69) is 10.6 Å². The van der Waals surface area contributed by atoms with Crippen molar-refractivity contribution in [1.29, 1.82) is 0 Å². The van der Waals surface area contributed by atoms with Crippen LogP contribution in [-0.2, 0) is 4.79 Å². The first kappa shape index (κ1) is 15.7. The Morgan fingerprint density at radius 1 is 1.12 bits per heavy atom. The van der Waals surface area contributed by atoms with Crippen molar-refractivity contribution in [3.63, 3.8) is 0 Å². The Balaban J connectivity index is 4.48. The average molecular weight is 244 g/mol. The predicted molar refractivity (Wildman–Crippen MR) is 66.9 cm³/mol. The first-order valence-corrected chi connectivity index (χ1v) is 6.02. The minimum Gasteiger partial charge on any atom is -0.480 e. The Labute approximate surface area is 103 Å². The molecular weight excluding hydrogens is 220 g/mol. The van der Waals surface area contributed by atoms with Crippen LogP contribution < -0.4 is 10.6 Å². The fraction of sp³-hybridized carbons (Fsp3) is 0.833. The van der Waals surface area contributed by atoms with Crippen LogP contribution in [0.5, 0.6) is 0 Å². The van der Waals surface area contributed by atoms with Gasteiger partial charge in [-0.15, -0.1) is 0 Å². The molecule has 2 amide bonds. The molecule has 0 aromatic carbocycles. The Morgan fingerprint density at radius 3 is 1.88 bits per heavy atom. The maximum absolute atomic E-state index is 11.6. The molecule has 0 aliphatic carbocycles. The third kappa shape index (κ3) is 5.56. The first-order chi connectivity index (χ1) is 7.72. The minimum absolute atomic E-state index is 0.0874. The standard InChI is InChI=1S/C12H24N2O3/c1-6-8(7-2)13-11(17)14-9(10(15)16)12(3,4)5/h8-9H,6-7H2,1-5H3,(H,15,16)(H2,13,14,17)/t9-/m1/s1. The molecule has 100 valence electrons. The zero-order valence-electron chi connectivity index (χ0n) is 11.3. The van der Waals surface area contributed by atoms with Gasteiger partial charge in [0.1, 0.15) is 6.04 Å². The molecule has 0 aliphatic heterocycles. The quantitative estimate of drug-likeness (QED) is 0.692. The van der Waals surface area contributed by atoms with Gasteiger partial charge in [0.15, 0.2) is 0 Å². The van der Waals surface area contributed by atoms with Gasteiger partial charge in [-0.05, 0) is 18.3 Å². The number of aliphatic carboxylic acids is 1. The maximum Gasteiger partial charge on any atom is 0.326 e. The third-order valence-electron chi connectivity index (χ3n) is 2.71. The van der Waals surface area contributed by atoms with Crippen molar-refractivity contribution in [2.45, 2.75) is 59.5 Å². The number of carboxylic acid groups (broad SMARTS) is 1. The van der Waals surface area contributed by atoms with Gasteiger partial charge in [-0.25, -0.2) is 9.59 Å². The summed E-state index contributed by atoms with van der Waals surface area (Å²) in [5.74, 6) is -1.02. The van der Waals surface area contributed by atoms with Gasteiger partial charge >= 0.3 is 12.0 Å². The summed E-state index contributed by atoms with van der Waals surface area (Å²) < 4.78 is 0. The Kier molecular flexibility index (Phi) is 5.99. The molecule has 0 radical (unpaired) electrons. The maximum atomic E-state index is 11.6. The number of rotatable bonds is 5. The van der Waals surface area contributed by atoms with Crippen molar-refractivity contribution >= 4 is 12.0 Å². The molecule has 0 bridgehead atoms. The zero-order chi connectivity index (χ0) is 13.6. The molecule has 0 spiro atoms. The lowest BCUT2D eigenvalue weighted by Gasteiger charge is -2.28. The molecular formula is C12H24N2O3. The van der Waals surface area contributed by atoms with Gasteiger partial charge in [-0.1, -0.05) is 34.6 Å². The van der Waals surface area contributed by atoms with Crippen LogP contribution in [0, 0.1) is 5.41 Å². The van der Waals surface area contributed by atoms with Crippen LogP contribution in [0.1, 0.15) is 47.5 Å². The van der Waals surface area contributed by atoms with E-state index >= 15 is 0 Å². The van der Waals surface area contributed by atoms with E-state index in [-0.39, 0.29) is 6.04 Å². The highest BCUT2D eigenvalue weighted by Gasteiger charge is 2.32. The summed E-state index contributed by atoms with van der Waals surface area (Å²) in [5.41, 5.74) is -0.517. The van der Waals surface area contributed by atoms with Crippen LogP contribution in [0.2, 0.25) is 0 Å². The zero-order valence-corrected chi connectivity index (χ0v) is 11.3. The molecule has 0 saturated carbocycles. The summed E-state index contributed by atoms with van der Waals surface area (Å²) >= 11 is 0. The summed E-state index contributed by atoms with van der Waals surface area (Å²) in [6, 6.07) is -1.22. The Bertz CT molecular complexity index is 267. The van der Waals surface area contributed by atoms with E-state index in [1.54, 1.807) is 20.8 Å². The number of amides is 2. The predicted octanol–water partition coefficient (Wildman–Crippen LogP) is 1.97. The van der Waals surface area contributed by atoms with Crippen LogP contribution in [0.3, 0.4) is 0 Å². The first-order valence-electron chi connectivity index (χ1n) is 6.02. The molecule has 0 unspecified atom stereocenters. The lowest BCUT2D eigenvalue weighted by Crippen LogP contribution is -2.53. The second-order valence-corrected chi connectivity index (χ2v) is 5.27. The SMILES string of the molecule is CCC(CC)NC(=O)N[C@H](C(=O)O)C(C)(C)C. The number of carbonyl (C=O) groups is 2. The van der Waals surface area contributed by atoms with E-state index in [1.165, 1.54) is 0 Å². The second kappa shape index (κ2) is 6.47. The van der Waals surface area contributed by atoms with Gasteiger partial charge in [0, 0.05) is 6.04 Å². The summed E-state index contributed by atoms with van der Waals surface area (Å²) in [5, 5.41) is 14.3. The van der Waals surface area contributed by atoms with Crippen LogP contribution >= 0.6 is 0 Å². The molecule has 0 aliphatic rings. The van der Waals surface area contributed by atoms with Crippen molar-refractivity contribution in [1.82, 2.24) is 10.6 Å². The fourth-order valence-corrected chi connectivity index (χ4v) is 1.50. The lowest BCUT2D eigenvalue weighted by molar-refractivity contribution is -0.141. The van der Waals surface area contributed by atoms with E-state index in [9.17, 15) is 9.59 Å². The van der Waals surface area contributed by atoms with Crippen molar-refractivity contribution in [3.05, 3.63) is 0 Å². The molecule has 17 heavy (non-hydrogen) atoms. The van der Waals surface area contributed by atoms with Gasteiger partial charge in [0.25, 0.3) is 0 Å². The molecule has 0 aromatic rings.